The molecule has 1 aromatic carbocycles. The molecule has 1 aliphatic heterocycles. The van der Waals surface area contributed by atoms with Gasteiger partial charge in [0, 0.05) is 36.1 Å². The summed E-state index contributed by atoms with van der Waals surface area (Å²) in [5.74, 6) is 0. The zero-order chi connectivity index (χ0) is 14.8. The minimum absolute atomic E-state index is 0.109. The van der Waals surface area contributed by atoms with Gasteiger partial charge in [-0.1, -0.05) is 18.2 Å². The number of hydrogen-bond donors (Lipinski definition) is 0. The van der Waals surface area contributed by atoms with Crippen molar-refractivity contribution < 1.29 is 0 Å². The van der Waals surface area contributed by atoms with E-state index in [0.29, 0.717) is 0 Å². The molecular formula is C18H14N4. The average molecular weight is 286 g/mol. The lowest BCUT2D eigenvalue weighted by atomic mass is 10.1. The third-order valence-electron chi connectivity index (χ3n) is 3.73. The summed E-state index contributed by atoms with van der Waals surface area (Å²) in [4.78, 5) is 15.3. The lowest BCUT2D eigenvalue weighted by molar-refractivity contribution is 0.730. The van der Waals surface area contributed by atoms with Gasteiger partial charge in [0.1, 0.15) is 0 Å². The first-order valence-electron chi connectivity index (χ1n) is 7.15. The van der Waals surface area contributed by atoms with E-state index >= 15 is 0 Å². The average Bonchev–Trinajstić information content (AvgIpc) is 2.62. The van der Waals surface area contributed by atoms with E-state index in [0.717, 1.165) is 22.5 Å². The maximum absolute atomic E-state index is 4.74. The van der Waals surface area contributed by atoms with Crippen LogP contribution in [0.3, 0.4) is 0 Å². The van der Waals surface area contributed by atoms with Crippen molar-refractivity contribution in [3.63, 3.8) is 0 Å². The van der Waals surface area contributed by atoms with Gasteiger partial charge in [-0.3, -0.25) is 15.0 Å². The zero-order valence-electron chi connectivity index (χ0n) is 11.9. The molecule has 0 N–H and O–H groups in total. The van der Waals surface area contributed by atoms with Crippen molar-refractivity contribution in [2.45, 2.75) is 6.17 Å². The molecule has 0 aliphatic carbocycles. The number of benzene rings is 1. The van der Waals surface area contributed by atoms with Crippen molar-refractivity contribution >= 4 is 17.6 Å². The largest absolute Gasteiger partial charge is 0.313 e. The molecular weight excluding hydrogens is 272 g/mol. The monoisotopic (exact) mass is 286 g/mol. The topological polar surface area (TPSA) is 41.4 Å². The first-order chi connectivity index (χ1) is 10.9. The van der Waals surface area contributed by atoms with Crippen molar-refractivity contribution in [2.24, 2.45) is 4.99 Å². The van der Waals surface area contributed by atoms with Gasteiger partial charge in [0.2, 0.25) is 0 Å². The van der Waals surface area contributed by atoms with Gasteiger partial charge >= 0.3 is 0 Å². The molecule has 3 heterocycles. The fourth-order valence-electron chi connectivity index (χ4n) is 2.70. The minimum atomic E-state index is -0.109. The van der Waals surface area contributed by atoms with Crippen LogP contribution in [0.15, 0.2) is 78.3 Å². The smallest absolute Gasteiger partial charge is 0.151 e. The number of pyridine rings is 2. The summed E-state index contributed by atoms with van der Waals surface area (Å²) in [6, 6.07) is 16.2. The Balaban J connectivity index is 1.89. The molecule has 0 spiro atoms. The van der Waals surface area contributed by atoms with E-state index < -0.39 is 0 Å². The van der Waals surface area contributed by atoms with Gasteiger partial charge in [0.05, 0.1) is 11.9 Å². The number of rotatable bonds is 2. The molecule has 0 fully saturated rings. The fourth-order valence-corrected chi connectivity index (χ4v) is 2.70. The molecule has 1 atom stereocenters. The summed E-state index contributed by atoms with van der Waals surface area (Å²) in [6.45, 7) is 0. The van der Waals surface area contributed by atoms with Crippen molar-refractivity contribution in [3.05, 3.63) is 84.4 Å². The lowest BCUT2D eigenvalue weighted by Gasteiger charge is -2.34. The Labute approximate surface area is 128 Å². The SMILES string of the molecule is C1=NC(c2ccncc2)N(c2ccccc2)c2cnccc21. The van der Waals surface area contributed by atoms with Crippen LogP contribution >= 0.6 is 0 Å². The van der Waals surface area contributed by atoms with E-state index in [-0.39, 0.29) is 6.17 Å². The molecule has 0 radical (unpaired) electrons. The van der Waals surface area contributed by atoms with Gasteiger partial charge in [-0.05, 0) is 35.9 Å². The van der Waals surface area contributed by atoms with Crippen molar-refractivity contribution in [1.82, 2.24) is 9.97 Å². The van der Waals surface area contributed by atoms with Gasteiger partial charge < -0.3 is 4.90 Å². The molecule has 0 saturated carbocycles. The quantitative estimate of drug-likeness (QED) is 0.720. The van der Waals surface area contributed by atoms with Crippen LogP contribution in [0.25, 0.3) is 0 Å². The summed E-state index contributed by atoms with van der Waals surface area (Å²) < 4.78 is 0. The van der Waals surface area contributed by atoms with Crippen LogP contribution in [-0.2, 0) is 0 Å². The standard InChI is InChI=1S/C18H14N4/c1-2-4-16(5-3-1)22-17-13-20-11-8-15(17)12-21-18(22)14-6-9-19-10-7-14/h1-13,18H. The number of aliphatic imine (C=N–C) groups is 1. The highest BCUT2D eigenvalue weighted by atomic mass is 15.3. The van der Waals surface area contributed by atoms with Crippen molar-refractivity contribution in [3.8, 4) is 0 Å². The van der Waals surface area contributed by atoms with Crippen LogP contribution < -0.4 is 4.90 Å². The number of aromatic nitrogens is 2. The predicted molar refractivity (Wildman–Crippen MR) is 87.4 cm³/mol. The van der Waals surface area contributed by atoms with E-state index in [4.69, 9.17) is 4.99 Å². The second kappa shape index (κ2) is 5.41. The highest BCUT2D eigenvalue weighted by molar-refractivity contribution is 5.92. The molecule has 2 aromatic heterocycles. The molecule has 1 aliphatic rings. The van der Waals surface area contributed by atoms with Crippen LogP contribution in [0, 0.1) is 0 Å². The van der Waals surface area contributed by atoms with E-state index in [9.17, 15) is 0 Å². The van der Waals surface area contributed by atoms with Gasteiger partial charge in [-0.2, -0.15) is 0 Å². The maximum Gasteiger partial charge on any atom is 0.151 e. The summed E-state index contributed by atoms with van der Waals surface area (Å²) in [7, 11) is 0. The second-order valence-electron chi connectivity index (χ2n) is 5.07. The van der Waals surface area contributed by atoms with Crippen LogP contribution in [0.4, 0.5) is 11.4 Å². The fraction of sp³-hybridized carbons (Fsp3) is 0.0556. The first-order valence-corrected chi connectivity index (χ1v) is 7.15. The van der Waals surface area contributed by atoms with E-state index in [2.05, 4.69) is 27.0 Å². The van der Waals surface area contributed by atoms with Crippen LogP contribution in [0.5, 0.6) is 0 Å². The Morgan fingerprint density at radius 3 is 2.41 bits per heavy atom. The van der Waals surface area contributed by atoms with Crippen LogP contribution in [0.2, 0.25) is 0 Å². The molecule has 0 amide bonds. The van der Waals surface area contributed by atoms with Crippen LogP contribution in [0.1, 0.15) is 17.3 Å². The Kier molecular flexibility index (Phi) is 3.12. The van der Waals surface area contributed by atoms with E-state index in [1.807, 2.05) is 48.8 Å². The summed E-state index contributed by atoms with van der Waals surface area (Å²) in [5.41, 5.74) is 4.33. The molecule has 3 aromatic rings. The van der Waals surface area contributed by atoms with Crippen LogP contribution in [-0.4, -0.2) is 16.2 Å². The minimum Gasteiger partial charge on any atom is -0.313 e. The number of para-hydroxylation sites is 1. The zero-order valence-corrected chi connectivity index (χ0v) is 11.9. The van der Waals surface area contributed by atoms with Crippen molar-refractivity contribution in [2.75, 3.05) is 4.90 Å². The Bertz CT molecular complexity index is 800. The highest BCUT2D eigenvalue weighted by Gasteiger charge is 2.26. The van der Waals surface area contributed by atoms with Gasteiger partial charge in [0.15, 0.2) is 6.17 Å². The Hall–Kier alpha value is -3.01. The first kappa shape index (κ1) is 12.7. The van der Waals surface area contributed by atoms with E-state index in [1.54, 1.807) is 18.6 Å². The summed E-state index contributed by atoms with van der Waals surface area (Å²) in [6.07, 6.45) is 9.09. The molecule has 0 saturated heterocycles. The Morgan fingerprint density at radius 2 is 1.59 bits per heavy atom. The molecule has 4 nitrogen and oxygen atoms in total. The maximum atomic E-state index is 4.74. The number of nitrogens with zero attached hydrogens (tertiary/aromatic N) is 4. The van der Waals surface area contributed by atoms with Gasteiger partial charge in [0.25, 0.3) is 0 Å². The van der Waals surface area contributed by atoms with E-state index in [1.165, 1.54) is 0 Å². The number of hydrogen-bond acceptors (Lipinski definition) is 4. The molecule has 106 valence electrons. The number of anilines is 2. The van der Waals surface area contributed by atoms with Crippen molar-refractivity contribution in [1.29, 1.82) is 0 Å². The summed E-state index contributed by atoms with van der Waals surface area (Å²) >= 11 is 0. The summed E-state index contributed by atoms with van der Waals surface area (Å²) in [5, 5.41) is 0. The van der Waals surface area contributed by atoms with Gasteiger partial charge in [-0.15, -0.1) is 0 Å². The third kappa shape index (κ3) is 2.15. The molecule has 22 heavy (non-hydrogen) atoms. The molecule has 1 unspecified atom stereocenters. The lowest BCUT2D eigenvalue weighted by Crippen LogP contribution is -2.26. The number of fused-ring (bicyclic) bond motifs is 1. The Morgan fingerprint density at radius 1 is 0.818 bits per heavy atom. The molecule has 4 heteroatoms. The normalized spacial score (nSPS) is 16.4. The molecule has 4 rings (SSSR count). The second-order valence-corrected chi connectivity index (χ2v) is 5.07. The third-order valence-corrected chi connectivity index (χ3v) is 3.73. The predicted octanol–water partition coefficient (Wildman–Crippen LogP) is 3.75. The van der Waals surface area contributed by atoms with Gasteiger partial charge in [-0.25, -0.2) is 0 Å². The molecule has 0 bridgehead atoms. The highest BCUT2D eigenvalue weighted by Crippen LogP contribution is 2.39.